The van der Waals surface area contributed by atoms with Gasteiger partial charge in [0.15, 0.2) is 0 Å². The lowest BCUT2D eigenvalue weighted by atomic mass is 9.93. The predicted octanol–water partition coefficient (Wildman–Crippen LogP) is 4.67. The molecule has 0 radical (unpaired) electrons. The molecule has 0 aromatic carbocycles. The first-order valence-corrected chi connectivity index (χ1v) is 6.69. The molecule has 0 spiro atoms. The quantitative estimate of drug-likeness (QED) is 0.585. The Morgan fingerprint density at radius 2 is 1.53 bits per heavy atom. The van der Waals surface area contributed by atoms with Crippen LogP contribution in [0, 0.1) is 11.8 Å². The third kappa shape index (κ3) is 14.0. The van der Waals surface area contributed by atoms with E-state index in [9.17, 15) is 4.79 Å². The average Bonchev–Trinajstić information content (AvgIpc) is 2.25. The highest BCUT2D eigenvalue weighted by Crippen LogP contribution is 2.18. The molecule has 92 valence electrons. The zero-order valence-corrected chi connectivity index (χ0v) is 11.7. The summed E-state index contributed by atoms with van der Waals surface area (Å²) in [5, 5.41) is 0. The minimum Gasteiger partial charge on any atom is -0.300 e. The second-order valence-corrected chi connectivity index (χ2v) is 4.44. The van der Waals surface area contributed by atoms with Crippen LogP contribution in [0.2, 0.25) is 0 Å². The molecule has 0 aliphatic rings. The molecular weight excluding hydrogens is 208 g/mol. The number of rotatable bonds is 7. The molecule has 2 unspecified atom stereocenters. The van der Waals surface area contributed by atoms with Gasteiger partial charge < -0.3 is 4.79 Å². The van der Waals surface area contributed by atoms with Crippen LogP contribution in [0.15, 0.2) is 0 Å². The van der Waals surface area contributed by atoms with E-state index in [1.165, 1.54) is 25.6 Å². The molecule has 0 bridgehead atoms. The van der Waals surface area contributed by atoms with Crippen LogP contribution < -0.4 is 0 Å². The topological polar surface area (TPSA) is 17.1 Å². The van der Waals surface area contributed by atoms with E-state index >= 15 is 0 Å². The highest BCUT2D eigenvalue weighted by molar-refractivity contribution is 6.15. The molecule has 2 atom stereocenters. The van der Waals surface area contributed by atoms with E-state index in [2.05, 4.69) is 32.4 Å². The summed E-state index contributed by atoms with van der Waals surface area (Å²) in [5.41, 5.74) is 0. The lowest BCUT2D eigenvalue weighted by Gasteiger charge is -2.13. The maximum atomic E-state index is 10.7. The third-order valence-electron chi connectivity index (χ3n) is 2.84. The van der Waals surface area contributed by atoms with Gasteiger partial charge in [-0.15, -0.1) is 11.6 Å². The summed E-state index contributed by atoms with van der Waals surface area (Å²) in [6, 6.07) is 0. The second-order valence-electron chi connectivity index (χ2n) is 4.44. The SMILES string of the molecule is CCC(C)CCC(C)CCC(C)=O.CCl. The summed E-state index contributed by atoms with van der Waals surface area (Å²) in [5.74, 6) is 1.90. The number of alkyl halides is 1. The minimum atomic E-state index is 0.329. The molecule has 0 rings (SSSR count). The minimum absolute atomic E-state index is 0.329. The van der Waals surface area contributed by atoms with Crippen molar-refractivity contribution in [1.82, 2.24) is 0 Å². The van der Waals surface area contributed by atoms with Crippen LogP contribution in [0.5, 0.6) is 0 Å². The fraction of sp³-hybridized carbons (Fsp3) is 0.923. The molecule has 0 aliphatic heterocycles. The highest BCUT2D eigenvalue weighted by atomic mass is 35.5. The molecule has 0 aromatic rings. The van der Waals surface area contributed by atoms with Gasteiger partial charge in [-0.2, -0.15) is 0 Å². The average molecular weight is 235 g/mol. The Hall–Kier alpha value is -0.0400. The number of halogens is 1. The van der Waals surface area contributed by atoms with Gasteiger partial charge in [-0.1, -0.05) is 40.0 Å². The molecule has 0 N–H and O–H groups in total. The van der Waals surface area contributed by atoms with Crippen molar-refractivity contribution in [3.05, 3.63) is 0 Å². The van der Waals surface area contributed by atoms with Gasteiger partial charge in [0.05, 0.1) is 0 Å². The molecule has 0 saturated carbocycles. The zero-order valence-electron chi connectivity index (χ0n) is 11.0. The van der Waals surface area contributed by atoms with Crippen LogP contribution in [0.25, 0.3) is 0 Å². The molecule has 2 heteroatoms. The molecule has 0 heterocycles. The molecule has 15 heavy (non-hydrogen) atoms. The van der Waals surface area contributed by atoms with Crippen molar-refractivity contribution in [2.24, 2.45) is 11.8 Å². The van der Waals surface area contributed by atoms with Gasteiger partial charge in [-0.05, 0) is 25.2 Å². The first-order valence-electron chi connectivity index (χ1n) is 5.93. The van der Waals surface area contributed by atoms with E-state index in [1.54, 1.807) is 6.92 Å². The van der Waals surface area contributed by atoms with E-state index < -0.39 is 0 Å². The van der Waals surface area contributed by atoms with Crippen LogP contribution in [0.3, 0.4) is 0 Å². The lowest BCUT2D eigenvalue weighted by molar-refractivity contribution is -0.117. The lowest BCUT2D eigenvalue weighted by Crippen LogP contribution is -2.02. The van der Waals surface area contributed by atoms with Crippen molar-refractivity contribution in [3.63, 3.8) is 0 Å². The fourth-order valence-electron chi connectivity index (χ4n) is 1.37. The summed E-state index contributed by atoms with van der Waals surface area (Å²) < 4.78 is 0. The first-order chi connectivity index (χ1) is 7.06. The summed E-state index contributed by atoms with van der Waals surface area (Å²) in [6.07, 6.45) is 7.19. The molecule has 0 amide bonds. The van der Waals surface area contributed by atoms with Crippen molar-refractivity contribution >= 4 is 17.4 Å². The van der Waals surface area contributed by atoms with Gasteiger partial charge in [0.25, 0.3) is 0 Å². The van der Waals surface area contributed by atoms with Crippen LogP contribution in [0.1, 0.15) is 59.8 Å². The third-order valence-corrected chi connectivity index (χ3v) is 2.84. The zero-order chi connectivity index (χ0) is 12.3. The number of ketones is 1. The predicted molar refractivity (Wildman–Crippen MR) is 69.5 cm³/mol. The number of Topliss-reactive ketones (excluding diaryl/α,β-unsaturated/α-hetero) is 1. The maximum Gasteiger partial charge on any atom is 0.129 e. The number of carbonyl (C=O) groups is 1. The smallest absolute Gasteiger partial charge is 0.129 e. The Bertz CT molecular complexity index is 145. The van der Waals surface area contributed by atoms with Crippen LogP contribution in [0.4, 0.5) is 0 Å². The Kier molecular flexibility index (Phi) is 13.9. The van der Waals surface area contributed by atoms with Crippen LogP contribution in [-0.2, 0) is 4.79 Å². The molecule has 0 fully saturated rings. The van der Waals surface area contributed by atoms with E-state index in [-0.39, 0.29) is 0 Å². The van der Waals surface area contributed by atoms with Crippen molar-refractivity contribution in [2.75, 3.05) is 6.38 Å². The van der Waals surface area contributed by atoms with Gasteiger partial charge >= 0.3 is 0 Å². The maximum absolute atomic E-state index is 10.7. The molecule has 0 aromatic heterocycles. The summed E-state index contributed by atoms with van der Waals surface area (Å²) in [4.78, 5) is 10.7. The van der Waals surface area contributed by atoms with Crippen LogP contribution in [-0.4, -0.2) is 12.2 Å². The van der Waals surface area contributed by atoms with Gasteiger partial charge in [0, 0.05) is 12.8 Å². The Labute approximate surface area is 101 Å². The van der Waals surface area contributed by atoms with Gasteiger partial charge in [-0.25, -0.2) is 0 Å². The molecule has 1 nitrogen and oxygen atoms in total. The van der Waals surface area contributed by atoms with Gasteiger partial charge in [-0.3, -0.25) is 0 Å². The molecular formula is C13H27ClO. The van der Waals surface area contributed by atoms with E-state index in [4.69, 9.17) is 0 Å². The Balaban J connectivity index is 0. The summed E-state index contributed by atoms with van der Waals surface area (Å²) in [6.45, 7) is 8.48. The van der Waals surface area contributed by atoms with E-state index in [0.29, 0.717) is 5.78 Å². The number of hydrogen-bond acceptors (Lipinski definition) is 1. The standard InChI is InChI=1S/C12H24O.CH3Cl/c1-5-10(2)6-7-11(3)8-9-12(4)13;1-2/h10-11H,5-9H2,1-4H3;1H3. The summed E-state index contributed by atoms with van der Waals surface area (Å²) in [7, 11) is 0. The van der Waals surface area contributed by atoms with Crippen molar-refractivity contribution in [1.29, 1.82) is 0 Å². The molecule has 0 saturated heterocycles. The monoisotopic (exact) mass is 234 g/mol. The number of carbonyl (C=O) groups excluding carboxylic acids is 1. The first kappa shape index (κ1) is 17.4. The van der Waals surface area contributed by atoms with Crippen molar-refractivity contribution < 1.29 is 4.79 Å². The number of hydrogen-bond donors (Lipinski definition) is 0. The van der Waals surface area contributed by atoms with Gasteiger partial charge in [0.1, 0.15) is 5.78 Å². The Morgan fingerprint density at radius 1 is 1.07 bits per heavy atom. The normalized spacial score (nSPS) is 13.7. The fourth-order valence-corrected chi connectivity index (χ4v) is 1.37. The molecule has 0 aliphatic carbocycles. The van der Waals surface area contributed by atoms with Crippen molar-refractivity contribution in [2.45, 2.75) is 59.8 Å². The highest BCUT2D eigenvalue weighted by Gasteiger charge is 2.06. The Morgan fingerprint density at radius 3 is 1.93 bits per heavy atom. The second kappa shape index (κ2) is 12.0. The van der Waals surface area contributed by atoms with Gasteiger partial charge in [0.2, 0.25) is 0 Å². The summed E-state index contributed by atoms with van der Waals surface area (Å²) >= 11 is 4.64. The largest absolute Gasteiger partial charge is 0.300 e. The van der Waals surface area contributed by atoms with Crippen molar-refractivity contribution in [3.8, 4) is 0 Å². The van der Waals surface area contributed by atoms with Crippen LogP contribution >= 0.6 is 11.6 Å². The van der Waals surface area contributed by atoms with E-state index in [0.717, 1.165) is 24.7 Å². The van der Waals surface area contributed by atoms with E-state index in [1.807, 2.05) is 0 Å².